The minimum atomic E-state index is -3.74. The molecular weight excluding hydrogens is 338 g/mol. The first-order valence-corrected chi connectivity index (χ1v) is 9.52. The number of hydrogen-bond donors (Lipinski definition) is 3. The van der Waals surface area contributed by atoms with Crippen molar-refractivity contribution in [2.24, 2.45) is 5.14 Å². The van der Waals surface area contributed by atoms with E-state index in [2.05, 4.69) is 24.5 Å². The number of sulfonamides is 1. The van der Waals surface area contributed by atoms with Gasteiger partial charge in [-0.2, -0.15) is 0 Å². The largest absolute Gasteiger partial charge is 0.374 e. The molecule has 2 rings (SSSR count). The summed E-state index contributed by atoms with van der Waals surface area (Å²) in [5.74, 6) is 0.117. The summed E-state index contributed by atoms with van der Waals surface area (Å²) in [6, 6.07) is 13.1. The van der Waals surface area contributed by atoms with Crippen LogP contribution in [0.1, 0.15) is 32.3 Å². The number of nitrogens with one attached hydrogen (secondary N) is 2. The van der Waals surface area contributed by atoms with Crippen molar-refractivity contribution in [2.75, 3.05) is 10.6 Å². The van der Waals surface area contributed by atoms with Crippen LogP contribution in [0.3, 0.4) is 0 Å². The molecule has 0 fully saturated rings. The average molecular weight is 361 g/mol. The number of para-hydroxylation sites is 1. The van der Waals surface area contributed by atoms with Crippen LogP contribution in [0.2, 0.25) is 0 Å². The summed E-state index contributed by atoms with van der Waals surface area (Å²) in [4.78, 5) is 12.4. The Morgan fingerprint density at radius 2 is 1.60 bits per heavy atom. The quantitative estimate of drug-likeness (QED) is 0.736. The lowest BCUT2D eigenvalue weighted by atomic mass is 10.0. The Bertz CT molecular complexity index is 846. The molecule has 0 heterocycles. The molecule has 1 amide bonds. The van der Waals surface area contributed by atoms with Gasteiger partial charge in [-0.25, -0.2) is 13.6 Å². The third-order valence-electron chi connectivity index (χ3n) is 3.80. The monoisotopic (exact) mass is 361 g/mol. The van der Waals surface area contributed by atoms with Gasteiger partial charge in [0.05, 0.1) is 4.90 Å². The highest BCUT2D eigenvalue weighted by atomic mass is 32.2. The molecule has 0 spiro atoms. The predicted octanol–water partition coefficient (Wildman–Crippen LogP) is 2.90. The molecular formula is C18H23N3O3S. The molecule has 1 unspecified atom stereocenters. The number of anilines is 2. The minimum Gasteiger partial charge on any atom is -0.374 e. The van der Waals surface area contributed by atoms with E-state index < -0.39 is 16.1 Å². The fraction of sp³-hybridized carbons (Fsp3) is 0.278. The molecule has 0 aromatic heterocycles. The van der Waals surface area contributed by atoms with E-state index in [1.165, 1.54) is 24.3 Å². The second kappa shape index (κ2) is 7.67. The summed E-state index contributed by atoms with van der Waals surface area (Å²) in [6.07, 6.45) is 0. The number of rotatable bonds is 6. The highest BCUT2D eigenvalue weighted by molar-refractivity contribution is 7.89. The minimum absolute atomic E-state index is 0.00235. The van der Waals surface area contributed by atoms with E-state index in [9.17, 15) is 13.2 Å². The Labute approximate surface area is 148 Å². The maximum absolute atomic E-state index is 12.4. The van der Waals surface area contributed by atoms with Crippen molar-refractivity contribution < 1.29 is 13.2 Å². The fourth-order valence-corrected chi connectivity index (χ4v) is 2.92. The zero-order valence-corrected chi connectivity index (χ0v) is 15.3. The Hall–Kier alpha value is -2.38. The molecule has 0 saturated carbocycles. The number of carbonyl (C=O) groups excluding carboxylic acids is 1. The summed E-state index contributed by atoms with van der Waals surface area (Å²) >= 11 is 0. The van der Waals surface area contributed by atoms with Gasteiger partial charge < -0.3 is 10.6 Å². The van der Waals surface area contributed by atoms with Crippen LogP contribution in [-0.4, -0.2) is 20.4 Å². The van der Waals surface area contributed by atoms with E-state index in [1.807, 2.05) is 24.3 Å². The summed E-state index contributed by atoms with van der Waals surface area (Å²) in [7, 11) is -3.74. The molecule has 4 N–H and O–H groups in total. The Morgan fingerprint density at radius 1 is 1.00 bits per heavy atom. The average Bonchev–Trinajstić information content (AvgIpc) is 2.54. The summed E-state index contributed by atoms with van der Waals surface area (Å²) in [5, 5.41) is 11.0. The van der Waals surface area contributed by atoms with Crippen molar-refractivity contribution in [3.05, 3.63) is 54.1 Å². The second-order valence-corrected chi connectivity index (χ2v) is 7.73. The molecule has 7 heteroatoms. The molecule has 1 atom stereocenters. The van der Waals surface area contributed by atoms with Gasteiger partial charge >= 0.3 is 0 Å². The van der Waals surface area contributed by atoms with E-state index in [4.69, 9.17) is 5.14 Å². The maximum atomic E-state index is 12.4. The Balaban J connectivity index is 2.06. The van der Waals surface area contributed by atoms with Crippen LogP contribution in [-0.2, 0) is 14.8 Å². The Morgan fingerprint density at radius 3 is 2.16 bits per heavy atom. The standard InChI is InChI=1S/C18H23N3O3S/c1-12(2)16-6-4-5-7-17(16)20-13(3)18(22)21-14-8-10-15(11-9-14)25(19,23)24/h4-13,20H,1-3H3,(H,21,22)(H2,19,23,24). The van der Waals surface area contributed by atoms with Crippen LogP contribution in [0, 0.1) is 0 Å². The van der Waals surface area contributed by atoms with E-state index in [-0.39, 0.29) is 10.8 Å². The lowest BCUT2D eigenvalue weighted by Gasteiger charge is -2.19. The van der Waals surface area contributed by atoms with Crippen molar-refractivity contribution in [3.8, 4) is 0 Å². The van der Waals surface area contributed by atoms with Gasteiger partial charge in [0.2, 0.25) is 15.9 Å². The number of primary sulfonamides is 1. The van der Waals surface area contributed by atoms with Gasteiger partial charge in [-0.1, -0.05) is 32.0 Å². The summed E-state index contributed by atoms with van der Waals surface area (Å²) in [6.45, 7) is 5.96. The highest BCUT2D eigenvalue weighted by Crippen LogP contribution is 2.24. The van der Waals surface area contributed by atoms with E-state index in [0.29, 0.717) is 11.6 Å². The topological polar surface area (TPSA) is 101 Å². The van der Waals surface area contributed by atoms with Gasteiger partial charge in [0.1, 0.15) is 6.04 Å². The van der Waals surface area contributed by atoms with Gasteiger partial charge in [0.25, 0.3) is 0 Å². The molecule has 0 aliphatic carbocycles. The molecule has 0 saturated heterocycles. The number of benzene rings is 2. The zero-order chi connectivity index (χ0) is 18.6. The van der Waals surface area contributed by atoms with Crippen molar-refractivity contribution in [2.45, 2.75) is 37.6 Å². The van der Waals surface area contributed by atoms with Gasteiger partial charge in [-0.3, -0.25) is 4.79 Å². The van der Waals surface area contributed by atoms with Crippen molar-refractivity contribution in [1.82, 2.24) is 0 Å². The maximum Gasteiger partial charge on any atom is 0.246 e. The number of hydrogen-bond acceptors (Lipinski definition) is 4. The Kier molecular flexibility index (Phi) is 5.81. The van der Waals surface area contributed by atoms with E-state index in [1.54, 1.807) is 6.92 Å². The SMILES string of the molecule is CC(Nc1ccccc1C(C)C)C(=O)Nc1ccc(S(N)(=O)=O)cc1. The lowest BCUT2D eigenvalue weighted by molar-refractivity contribution is -0.116. The molecule has 0 bridgehead atoms. The molecule has 134 valence electrons. The first kappa shape index (κ1) is 19.0. The third kappa shape index (κ3) is 5.04. The molecule has 0 radical (unpaired) electrons. The van der Waals surface area contributed by atoms with Crippen LogP contribution in [0.4, 0.5) is 11.4 Å². The lowest BCUT2D eigenvalue weighted by Crippen LogP contribution is -2.32. The second-order valence-electron chi connectivity index (χ2n) is 6.17. The molecule has 2 aromatic rings. The van der Waals surface area contributed by atoms with Crippen LogP contribution < -0.4 is 15.8 Å². The molecule has 0 aliphatic heterocycles. The van der Waals surface area contributed by atoms with Gasteiger partial charge in [-0.05, 0) is 48.7 Å². The van der Waals surface area contributed by atoms with Crippen LogP contribution in [0.5, 0.6) is 0 Å². The van der Waals surface area contributed by atoms with E-state index in [0.717, 1.165) is 11.3 Å². The van der Waals surface area contributed by atoms with Crippen molar-refractivity contribution >= 4 is 27.3 Å². The third-order valence-corrected chi connectivity index (χ3v) is 4.73. The van der Waals surface area contributed by atoms with Gasteiger partial charge in [0.15, 0.2) is 0 Å². The van der Waals surface area contributed by atoms with Crippen molar-refractivity contribution in [3.63, 3.8) is 0 Å². The van der Waals surface area contributed by atoms with Crippen molar-refractivity contribution in [1.29, 1.82) is 0 Å². The first-order chi connectivity index (χ1) is 11.7. The van der Waals surface area contributed by atoms with Crippen LogP contribution >= 0.6 is 0 Å². The summed E-state index contributed by atoms with van der Waals surface area (Å²) < 4.78 is 22.5. The van der Waals surface area contributed by atoms with E-state index >= 15 is 0 Å². The van der Waals surface area contributed by atoms with Crippen LogP contribution in [0.25, 0.3) is 0 Å². The number of nitrogens with two attached hydrogens (primary N) is 1. The van der Waals surface area contributed by atoms with Crippen LogP contribution in [0.15, 0.2) is 53.4 Å². The molecule has 0 aliphatic rings. The fourth-order valence-electron chi connectivity index (χ4n) is 2.41. The molecule has 2 aromatic carbocycles. The smallest absolute Gasteiger partial charge is 0.246 e. The number of carbonyl (C=O) groups is 1. The molecule has 25 heavy (non-hydrogen) atoms. The zero-order valence-electron chi connectivity index (χ0n) is 14.5. The molecule has 6 nitrogen and oxygen atoms in total. The van der Waals surface area contributed by atoms with Gasteiger partial charge in [0, 0.05) is 11.4 Å². The first-order valence-electron chi connectivity index (χ1n) is 7.97. The predicted molar refractivity (Wildman–Crippen MR) is 100 cm³/mol. The normalized spacial score (nSPS) is 12.7. The number of amides is 1. The van der Waals surface area contributed by atoms with Gasteiger partial charge in [-0.15, -0.1) is 0 Å². The highest BCUT2D eigenvalue weighted by Gasteiger charge is 2.16. The summed E-state index contributed by atoms with van der Waals surface area (Å²) in [5.41, 5.74) is 2.56.